The lowest BCUT2D eigenvalue weighted by Gasteiger charge is -2.14. The molecule has 0 atom stereocenters. The Labute approximate surface area is 190 Å². The number of aromatic nitrogens is 3. The van der Waals surface area contributed by atoms with Crippen molar-refractivity contribution in [2.45, 2.75) is 59.4 Å². The van der Waals surface area contributed by atoms with Crippen molar-refractivity contribution >= 4 is 22.8 Å². The Morgan fingerprint density at radius 2 is 2.00 bits per heavy atom. The number of methoxy groups -OCH3 is 1. The Balaban J connectivity index is 1.81. The topological polar surface area (TPSA) is 78.3 Å². The van der Waals surface area contributed by atoms with Crippen LogP contribution < -0.4 is 10.1 Å². The number of aryl methyl sites for hydroxylation is 2. The van der Waals surface area contributed by atoms with E-state index in [4.69, 9.17) is 9.47 Å². The number of carbonyl (C=O) groups is 1. The van der Waals surface area contributed by atoms with Crippen molar-refractivity contribution in [1.29, 1.82) is 0 Å². The number of nitrogens with one attached hydrogen (secondary N) is 1. The molecule has 2 heterocycles. The highest BCUT2D eigenvalue weighted by Crippen LogP contribution is 2.27. The van der Waals surface area contributed by atoms with E-state index in [-0.39, 0.29) is 5.97 Å². The number of anilines is 1. The molecule has 0 radical (unpaired) electrons. The van der Waals surface area contributed by atoms with Crippen molar-refractivity contribution in [3.63, 3.8) is 0 Å². The molecule has 0 aliphatic heterocycles. The molecule has 32 heavy (non-hydrogen) atoms. The third kappa shape index (κ3) is 5.99. The first-order chi connectivity index (χ1) is 15.5. The van der Waals surface area contributed by atoms with Crippen LogP contribution in [0.1, 0.15) is 56.5 Å². The van der Waals surface area contributed by atoms with Crippen molar-refractivity contribution in [2.75, 3.05) is 25.6 Å². The maximum absolute atomic E-state index is 11.7. The van der Waals surface area contributed by atoms with Gasteiger partial charge >= 0.3 is 5.97 Å². The lowest BCUT2D eigenvalue weighted by molar-refractivity contribution is -0.143. The number of rotatable bonds is 12. The van der Waals surface area contributed by atoms with Gasteiger partial charge in [-0.15, -0.1) is 0 Å². The number of unbranched alkanes of at least 4 members (excludes halogenated alkanes) is 2. The monoisotopic (exact) mass is 438 g/mol. The van der Waals surface area contributed by atoms with E-state index in [2.05, 4.69) is 32.8 Å². The van der Waals surface area contributed by atoms with Crippen LogP contribution in [-0.4, -0.2) is 40.8 Å². The highest BCUT2D eigenvalue weighted by atomic mass is 16.5. The zero-order valence-electron chi connectivity index (χ0n) is 19.6. The molecule has 7 nitrogen and oxygen atoms in total. The quantitative estimate of drug-likeness (QED) is 0.320. The molecule has 0 fully saturated rings. The summed E-state index contributed by atoms with van der Waals surface area (Å²) in [4.78, 5) is 20.9. The molecule has 0 saturated heterocycles. The smallest absolute Gasteiger partial charge is 0.306 e. The van der Waals surface area contributed by atoms with Crippen LogP contribution in [0.5, 0.6) is 5.75 Å². The second-order valence-corrected chi connectivity index (χ2v) is 7.88. The maximum Gasteiger partial charge on any atom is 0.306 e. The van der Waals surface area contributed by atoms with E-state index in [0.29, 0.717) is 26.0 Å². The number of nitrogens with zero attached hydrogens (tertiary/aromatic N) is 3. The van der Waals surface area contributed by atoms with Gasteiger partial charge in [0, 0.05) is 24.7 Å². The number of hydrogen-bond donors (Lipinski definition) is 1. The molecule has 0 amide bonds. The summed E-state index contributed by atoms with van der Waals surface area (Å²) in [5, 5.41) is 3.50. The van der Waals surface area contributed by atoms with Gasteiger partial charge < -0.3 is 19.4 Å². The molecule has 172 valence electrons. The summed E-state index contributed by atoms with van der Waals surface area (Å²) in [5.41, 5.74) is 4.04. The highest BCUT2D eigenvalue weighted by molar-refractivity contribution is 5.86. The molecule has 0 aliphatic carbocycles. The van der Waals surface area contributed by atoms with Crippen LogP contribution in [0.3, 0.4) is 0 Å². The van der Waals surface area contributed by atoms with Gasteiger partial charge in [0.05, 0.1) is 25.8 Å². The summed E-state index contributed by atoms with van der Waals surface area (Å²) in [7, 11) is 1.68. The van der Waals surface area contributed by atoms with Crippen LogP contribution in [0.4, 0.5) is 5.82 Å². The first kappa shape index (κ1) is 23.6. The van der Waals surface area contributed by atoms with Crippen molar-refractivity contribution in [3.8, 4) is 5.75 Å². The maximum atomic E-state index is 11.7. The van der Waals surface area contributed by atoms with Gasteiger partial charge in [0.25, 0.3) is 0 Å². The minimum atomic E-state index is -0.177. The second kappa shape index (κ2) is 11.5. The second-order valence-electron chi connectivity index (χ2n) is 7.88. The van der Waals surface area contributed by atoms with Gasteiger partial charge in [0.15, 0.2) is 5.82 Å². The fourth-order valence-electron chi connectivity index (χ4n) is 3.80. The molecule has 2 aromatic heterocycles. The molecule has 0 aliphatic rings. The highest BCUT2D eigenvalue weighted by Gasteiger charge is 2.14. The van der Waals surface area contributed by atoms with Crippen LogP contribution >= 0.6 is 0 Å². The Kier molecular flexibility index (Phi) is 8.48. The van der Waals surface area contributed by atoms with E-state index in [0.717, 1.165) is 52.5 Å². The number of hydrogen-bond acceptors (Lipinski definition) is 6. The zero-order chi connectivity index (χ0) is 22.9. The number of esters is 1. The van der Waals surface area contributed by atoms with Crippen molar-refractivity contribution in [2.24, 2.45) is 0 Å². The SMILES string of the molecule is CCCCCNc1nc(C)nc2ccn(Cc3ccc(CCC(=O)OCC)cc3OC)c12. The molecule has 0 bridgehead atoms. The molecule has 1 aromatic carbocycles. The first-order valence-electron chi connectivity index (χ1n) is 11.4. The van der Waals surface area contributed by atoms with Crippen LogP contribution in [0.15, 0.2) is 30.5 Å². The predicted octanol–water partition coefficient (Wildman–Crippen LogP) is 4.89. The fourth-order valence-corrected chi connectivity index (χ4v) is 3.80. The molecule has 1 N–H and O–H groups in total. The molecule has 7 heteroatoms. The van der Waals surface area contributed by atoms with Gasteiger partial charge in [-0.25, -0.2) is 9.97 Å². The van der Waals surface area contributed by atoms with E-state index in [1.54, 1.807) is 7.11 Å². The average Bonchev–Trinajstić information content (AvgIpc) is 3.18. The van der Waals surface area contributed by atoms with Crippen LogP contribution in [0.25, 0.3) is 11.0 Å². The van der Waals surface area contributed by atoms with Gasteiger partial charge in [-0.1, -0.05) is 31.9 Å². The van der Waals surface area contributed by atoms with E-state index in [1.807, 2.05) is 38.2 Å². The molecule has 3 aromatic rings. The van der Waals surface area contributed by atoms with E-state index in [9.17, 15) is 4.79 Å². The normalized spacial score (nSPS) is 11.0. The lowest BCUT2D eigenvalue weighted by Crippen LogP contribution is -2.09. The number of ether oxygens (including phenoxy) is 2. The molecular formula is C25H34N4O3. The van der Waals surface area contributed by atoms with Gasteiger partial charge in [-0.3, -0.25) is 4.79 Å². The van der Waals surface area contributed by atoms with Crippen molar-refractivity contribution < 1.29 is 14.3 Å². The van der Waals surface area contributed by atoms with Crippen molar-refractivity contribution in [3.05, 3.63) is 47.4 Å². The predicted molar refractivity (Wildman–Crippen MR) is 127 cm³/mol. The largest absolute Gasteiger partial charge is 0.496 e. The number of benzene rings is 1. The molecule has 0 saturated carbocycles. The zero-order valence-corrected chi connectivity index (χ0v) is 19.6. The summed E-state index contributed by atoms with van der Waals surface area (Å²) in [5.74, 6) is 2.26. The van der Waals surface area contributed by atoms with Gasteiger partial charge in [0.1, 0.15) is 17.1 Å². The molecule has 0 spiro atoms. The third-order valence-corrected chi connectivity index (χ3v) is 5.41. The Morgan fingerprint density at radius 1 is 1.16 bits per heavy atom. The van der Waals surface area contributed by atoms with Gasteiger partial charge in [-0.05, 0) is 44.4 Å². The van der Waals surface area contributed by atoms with E-state index in [1.165, 1.54) is 12.8 Å². The molecule has 0 unspecified atom stereocenters. The fraction of sp³-hybridized carbons (Fsp3) is 0.480. The number of carbonyl (C=O) groups excluding carboxylic acids is 1. The standard InChI is InChI=1S/C25H34N4O3/c1-5-7-8-14-26-25-24-21(27-18(3)28-25)13-15-29(24)17-20-11-9-19(16-22(20)31-4)10-12-23(30)32-6-2/h9,11,13,15-16H,5-8,10,12,14,17H2,1-4H3,(H,26,27,28). The van der Waals surface area contributed by atoms with Crippen LogP contribution in [0, 0.1) is 6.92 Å². The first-order valence-corrected chi connectivity index (χ1v) is 11.4. The van der Waals surface area contributed by atoms with Gasteiger partial charge in [-0.2, -0.15) is 0 Å². The van der Waals surface area contributed by atoms with Gasteiger partial charge in [0.2, 0.25) is 0 Å². The molecular weight excluding hydrogens is 404 g/mol. The molecule has 3 rings (SSSR count). The Hall–Kier alpha value is -3.09. The van der Waals surface area contributed by atoms with E-state index < -0.39 is 0 Å². The van der Waals surface area contributed by atoms with Crippen LogP contribution in [0.2, 0.25) is 0 Å². The summed E-state index contributed by atoms with van der Waals surface area (Å²) in [6.07, 6.45) is 6.53. The Morgan fingerprint density at radius 3 is 2.75 bits per heavy atom. The lowest BCUT2D eigenvalue weighted by atomic mass is 10.1. The third-order valence-electron chi connectivity index (χ3n) is 5.41. The summed E-state index contributed by atoms with van der Waals surface area (Å²) < 4.78 is 12.9. The summed E-state index contributed by atoms with van der Waals surface area (Å²) >= 11 is 0. The minimum Gasteiger partial charge on any atom is -0.496 e. The summed E-state index contributed by atoms with van der Waals surface area (Å²) in [6, 6.07) is 8.15. The van der Waals surface area contributed by atoms with Crippen LogP contribution in [-0.2, 0) is 22.5 Å². The van der Waals surface area contributed by atoms with E-state index >= 15 is 0 Å². The van der Waals surface area contributed by atoms with Crippen molar-refractivity contribution in [1.82, 2.24) is 14.5 Å². The summed E-state index contributed by atoms with van der Waals surface area (Å²) in [6.45, 7) is 7.88. The number of fused-ring (bicyclic) bond motifs is 1. The Bertz CT molecular complexity index is 1050. The average molecular weight is 439 g/mol. The minimum absolute atomic E-state index is 0.177.